The first kappa shape index (κ1) is 60.4. The second kappa shape index (κ2) is 26.5. The van der Waals surface area contributed by atoms with E-state index >= 15 is 0 Å². The van der Waals surface area contributed by atoms with Crippen molar-refractivity contribution in [3.05, 3.63) is 105 Å². The lowest BCUT2D eigenvalue weighted by Gasteiger charge is -2.35. The number of hydrogen-bond donors (Lipinski definition) is 7. The molecule has 3 heterocycles. The summed E-state index contributed by atoms with van der Waals surface area (Å²) >= 11 is 1.46. The lowest BCUT2D eigenvalue weighted by molar-refractivity contribution is -0.145. The van der Waals surface area contributed by atoms with E-state index in [1.807, 2.05) is 45.9 Å². The van der Waals surface area contributed by atoms with E-state index in [0.717, 1.165) is 72.2 Å². The van der Waals surface area contributed by atoms with Crippen molar-refractivity contribution in [2.75, 3.05) is 46.9 Å². The van der Waals surface area contributed by atoms with Gasteiger partial charge in [-0.25, -0.2) is 9.37 Å². The van der Waals surface area contributed by atoms with Crippen LogP contribution in [0.4, 0.5) is 4.39 Å². The highest BCUT2D eigenvalue weighted by Gasteiger charge is 2.51. The fourth-order valence-electron chi connectivity index (χ4n) is 10.2. The number of rotatable bonds is 25. The number of carbonyl (C=O) groups excluding carboxylic acids is 7. The van der Waals surface area contributed by atoms with Crippen LogP contribution in [0.3, 0.4) is 0 Å². The molecule has 1 saturated carbocycles. The first-order valence-electron chi connectivity index (χ1n) is 28.0. The van der Waals surface area contributed by atoms with Crippen LogP contribution in [0.5, 0.6) is 11.5 Å². The molecule has 8 rings (SSSR count). The van der Waals surface area contributed by atoms with Gasteiger partial charge in [0.2, 0.25) is 11.8 Å². The second-order valence-corrected chi connectivity index (χ2v) is 23.7. The van der Waals surface area contributed by atoms with Crippen molar-refractivity contribution < 1.29 is 57.4 Å². The van der Waals surface area contributed by atoms with Gasteiger partial charge in [0.1, 0.15) is 17.5 Å². The zero-order valence-electron chi connectivity index (χ0n) is 47.3. The molecule has 1 aliphatic heterocycles. The number of carbonyl (C=O) groups is 7. The number of aliphatic hydroxyl groups excluding tert-OH is 1. The number of aryl methyl sites for hydroxylation is 2. The number of likely N-dealkylation sites (tertiary alicyclic amines) is 1. The Morgan fingerprint density at radius 3 is 2.29 bits per heavy atom. The van der Waals surface area contributed by atoms with Gasteiger partial charge in [0.15, 0.2) is 23.7 Å². The summed E-state index contributed by atoms with van der Waals surface area (Å²) in [6.07, 6.45) is 6.01. The average Bonchev–Trinajstić information content (AvgIpc) is 4.15. The lowest BCUT2D eigenvalue weighted by Crippen LogP contribution is -2.52. The van der Waals surface area contributed by atoms with Gasteiger partial charge in [0, 0.05) is 76.0 Å². The number of amides is 7. The van der Waals surface area contributed by atoms with Crippen molar-refractivity contribution in [3.63, 3.8) is 0 Å². The van der Waals surface area contributed by atoms with E-state index in [1.165, 1.54) is 39.3 Å². The minimum Gasteiger partial charge on any atom is -0.507 e. The van der Waals surface area contributed by atoms with Crippen LogP contribution in [0.1, 0.15) is 145 Å². The van der Waals surface area contributed by atoms with Gasteiger partial charge in [-0.1, -0.05) is 75.9 Å². The third-order valence-electron chi connectivity index (χ3n) is 15.3. The Balaban J connectivity index is 0.737. The molecular weight excluding hydrogens is 1070 g/mol. The van der Waals surface area contributed by atoms with E-state index < -0.39 is 52.8 Å². The number of thiazole rings is 1. The Morgan fingerprint density at radius 1 is 0.890 bits per heavy atom. The zero-order valence-corrected chi connectivity index (χ0v) is 48.1. The Morgan fingerprint density at radius 2 is 1.61 bits per heavy atom. The van der Waals surface area contributed by atoms with Crippen molar-refractivity contribution in [2.24, 2.45) is 11.3 Å². The van der Waals surface area contributed by atoms with Crippen molar-refractivity contribution in [2.45, 2.75) is 129 Å². The molecule has 20 nitrogen and oxygen atoms in total. The predicted molar refractivity (Wildman–Crippen MR) is 304 cm³/mol. The molecule has 82 heavy (non-hydrogen) atoms. The molecule has 4 atom stereocenters. The summed E-state index contributed by atoms with van der Waals surface area (Å²) in [5, 5.41) is 39.5. The number of alkyl halides is 1. The molecule has 0 spiro atoms. The first-order chi connectivity index (χ1) is 39.1. The number of nitrogens with one attached hydrogen (secondary N) is 5. The molecule has 0 bridgehead atoms. The molecule has 7 N–H and O–H groups in total. The van der Waals surface area contributed by atoms with Crippen LogP contribution in [-0.2, 0) is 32.1 Å². The highest BCUT2D eigenvalue weighted by Crippen LogP contribution is 2.40. The molecule has 2 fully saturated rings. The zero-order chi connectivity index (χ0) is 58.9. The summed E-state index contributed by atoms with van der Waals surface area (Å²) < 4.78 is 26.0. The highest BCUT2D eigenvalue weighted by atomic mass is 32.1. The molecule has 0 radical (unpaired) electrons. The van der Waals surface area contributed by atoms with E-state index in [-0.39, 0.29) is 92.0 Å². The van der Waals surface area contributed by atoms with E-state index in [4.69, 9.17) is 9.26 Å². The quantitative estimate of drug-likeness (QED) is 0.0299. The predicted octanol–water partition coefficient (Wildman–Crippen LogP) is 6.72. The first-order valence-corrected chi connectivity index (χ1v) is 28.9. The number of phenols is 1. The second-order valence-electron chi connectivity index (χ2n) is 22.8. The Hall–Kier alpha value is -7.72. The number of fused-ring (bicyclic) bond motifs is 1. The standard InChI is InChI=1S/C60H74FN9O11S/c1-35-52(82-34-66-35)38-14-16-40(30-64-55(76)47-28-41(71)32-70(47)57(78)44(59(2,3)4)31-65-58(79)60(61)21-22-60)49(27-38)80-33-51(73)62-23-11-9-7-8-10-12-24-63-53(74)39-15-13-36-18-20-45(43(36)25-39)67-54(75)46-29-50(81-68-46)37-17-19-42(48(72)26-37)56(77)69(5)6/h13-17,19,25-27,29,34,41,44-45,47,71-72H,7-12,18,20-24,28,30-33H2,1-6H3,(H,62,73)(H,63,74)(H,64,76)(H,65,79)(H,67,75)/t41-,44?,45?,47+/m1/s1. The maximum Gasteiger partial charge on any atom is 0.273 e. The molecule has 3 aromatic carbocycles. The summed E-state index contributed by atoms with van der Waals surface area (Å²) in [7, 11) is 3.17. The highest BCUT2D eigenvalue weighted by molar-refractivity contribution is 7.13. The number of β-amino-alcohol motifs (C(OH)–C–C–N with tert-alkyl or cyclic N) is 1. The average molecular weight is 1150 g/mol. The van der Waals surface area contributed by atoms with Crippen LogP contribution in [0, 0.1) is 18.3 Å². The number of unbranched alkanes of at least 4 members (excludes halogenated alkanes) is 5. The van der Waals surface area contributed by atoms with Crippen molar-refractivity contribution in [1.82, 2.24) is 46.5 Å². The smallest absolute Gasteiger partial charge is 0.273 e. The number of aromatic hydroxyl groups is 1. The summed E-state index contributed by atoms with van der Waals surface area (Å²) in [6, 6.07) is 15.7. The van der Waals surface area contributed by atoms with Crippen LogP contribution < -0.4 is 31.3 Å². The number of phenolic OH excluding ortho intramolecular Hbond substituents is 1. The fraction of sp³-hybridized carbons (Fsp3) is 0.483. The van der Waals surface area contributed by atoms with Gasteiger partial charge in [0.25, 0.3) is 29.5 Å². The number of ether oxygens (including phenoxy) is 1. The number of aliphatic hydroxyl groups is 1. The molecule has 2 aromatic heterocycles. The molecule has 5 aromatic rings. The summed E-state index contributed by atoms with van der Waals surface area (Å²) in [5.74, 6) is -3.35. The molecular formula is C60H74FN9O11S. The maximum absolute atomic E-state index is 14.4. The summed E-state index contributed by atoms with van der Waals surface area (Å²) in [6.45, 7) is 7.90. The molecule has 22 heteroatoms. The number of halogens is 1. The molecule has 1 saturated heterocycles. The van der Waals surface area contributed by atoms with Gasteiger partial charge in [-0.3, -0.25) is 33.6 Å². The molecule has 7 amide bonds. The van der Waals surface area contributed by atoms with Gasteiger partial charge in [-0.2, -0.15) is 0 Å². The topological polar surface area (TPSA) is 275 Å². The van der Waals surface area contributed by atoms with E-state index in [0.29, 0.717) is 42.0 Å². The number of benzene rings is 3. The fourth-order valence-corrected chi connectivity index (χ4v) is 11.1. The van der Waals surface area contributed by atoms with Crippen LogP contribution in [0.15, 0.2) is 70.7 Å². The summed E-state index contributed by atoms with van der Waals surface area (Å²) in [5.41, 5.74) is 4.48. The van der Waals surface area contributed by atoms with Crippen molar-refractivity contribution in [3.8, 4) is 33.3 Å². The number of aromatic nitrogens is 2. The van der Waals surface area contributed by atoms with E-state index in [2.05, 4.69) is 36.7 Å². The molecule has 2 unspecified atom stereocenters. The van der Waals surface area contributed by atoms with Crippen molar-refractivity contribution in [1.29, 1.82) is 0 Å². The Labute approximate surface area is 480 Å². The van der Waals surface area contributed by atoms with Gasteiger partial charge < -0.3 is 55.9 Å². The van der Waals surface area contributed by atoms with Gasteiger partial charge in [-0.15, -0.1) is 11.3 Å². The Bertz CT molecular complexity index is 3170. The minimum atomic E-state index is -1.90. The Kier molecular flexibility index (Phi) is 19.5. The van der Waals surface area contributed by atoms with Gasteiger partial charge >= 0.3 is 0 Å². The van der Waals surface area contributed by atoms with Crippen LogP contribution in [-0.4, -0.2) is 136 Å². The minimum absolute atomic E-state index is 0.000237. The van der Waals surface area contributed by atoms with Gasteiger partial charge in [-0.05, 0) is 97.9 Å². The van der Waals surface area contributed by atoms with Crippen LogP contribution in [0.2, 0.25) is 0 Å². The van der Waals surface area contributed by atoms with Crippen LogP contribution >= 0.6 is 11.3 Å². The van der Waals surface area contributed by atoms with Crippen LogP contribution in [0.25, 0.3) is 21.8 Å². The largest absolute Gasteiger partial charge is 0.507 e. The van der Waals surface area contributed by atoms with E-state index in [9.17, 15) is 48.2 Å². The monoisotopic (exact) mass is 1150 g/mol. The molecule has 2 aliphatic carbocycles. The van der Waals surface area contributed by atoms with Crippen molar-refractivity contribution >= 4 is 52.7 Å². The maximum atomic E-state index is 14.4. The molecule has 3 aliphatic rings. The lowest BCUT2D eigenvalue weighted by atomic mass is 9.79. The SMILES string of the molecule is Cc1ncsc1-c1ccc(CNC(=O)[C@@H]2C[C@@H](O)CN2C(=O)C(CNC(=O)C2(F)CC2)C(C)(C)C)c(OCC(=O)NCCCCCCCCNC(=O)c2ccc3c(c2)C(NC(=O)c2cc(-c4ccc(C(=O)N(C)C)c(O)c4)on2)CC3)c1. The third-order valence-corrected chi connectivity index (χ3v) is 16.3. The summed E-state index contributed by atoms with van der Waals surface area (Å²) in [4.78, 5) is 100. The van der Waals surface area contributed by atoms with E-state index in [1.54, 1.807) is 43.9 Å². The number of hydrogen-bond acceptors (Lipinski definition) is 14. The third kappa shape index (κ3) is 15.0. The normalized spacial score (nSPS) is 17.3. The molecule has 438 valence electrons. The number of nitrogens with zero attached hydrogens (tertiary/aromatic N) is 4. The van der Waals surface area contributed by atoms with Gasteiger partial charge in [0.05, 0.1) is 39.7 Å².